The Bertz CT molecular complexity index is 785. The average Bonchev–Trinajstić information content (AvgIpc) is 2.70. The van der Waals surface area contributed by atoms with Crippen LogP contribution in [0.2, 0.25) is 5.02 Å². The molecule has 0 radical (unpaired) electrons. The highest BCUT2D eigenvalue weighted by molar-refractivity contribution is 7.98. The normalized spacial score (nSPS) is 11.5. The van der Waals surface area contributed by atoms with Crippen molar-refractivity contribution in [2.24, 2.45) is 0 Å². The third kappa shape index (κ3) is 6.19. The zero-order valence-corrected chi connectivity index (χ0v) is 16.9. The second-order valence-corrected chi connectivity index (χ2v) is 7.21. The van der Waals surface area contributed by atoms with Crippen LogP contribution in [0.25, 0.3) is 0 Å². The van der Waals surface area contributed by atoms with Crippen molar-refractivity contribution < 1.29 is 14.3 Å². The van der Waals surface area contributed by atoms with Gasteiger partial charge < -0.3 is 15.4 Å². The number of halogens is 1. The van der Waals surface area contributed by atoms with E-state index in [2.05, 4.69) is 10.6 Å². The molecule has 2 aromatic rings. The van der Waals surface area contributed by atoms with Crippen LogP contribution in [0.4, 0.5) is 0 Å². The number of carbonyl (C=O) groups is 2. The number of amides is 2. The lowest BCUT2D eigenvalue weighted by atomic mass is 10.1. The predicted octanol–water partition coefficient (Wildman–Crippen LogP) is 3.52. The van der Waals surface area contributed by atoms with E-state index in [4.69, 9.17) is 16.3 Å². The van der Waals surface area contributed by atoms with Crippen molar-refractivity contribution in [2.45, 2.75) is 19.0 Å². The summed E-state index contributed by atoms with van der Waals surface area (Å²) in [5, 5.41) is 6.27. The number of thioether (sulfide) groups is 1. The minimum absolute atomic E-state index is 0.243. The van der Waals surface area contributed by atoms with E-state index >= 15 is 0 Å². The van der Waals surface area contributed by atoms with Gasteiger partial charge in [-0.2, -0.15) is 11.8 Å². The highest BCUT2D eigenvalue weighted by Gasteiger charge is 2.22. The molecule has 0 saturated carbocycles. The number of ether oxygens (including phenoxy) is 1. The van der Waals surface area contributed by atoms with Gasteiger partial charge in [-0.05, 0) is 42.2 Å². The number of hydrogen-bond donors (Lipinski definition) is 2. The third-order valence-corrected chi connectivity index (χ3v) is 5.01. The summed E-state index contributed by atoms with van der Waals surface area (Å²) in [6.07, 6.45) is 2.48. The summed E-state index contributed by atoms with van der Waals surface area (Å²) in [5.74, 6) is 0.630. The van der Waals surface area contributed by atoms with Crippen LogP contribution in [0, 0.1) is 0 Å². The fourth-order valence-electron chi connectivity index (χ4n) is 2.52. The van der Waals surface area contributed by atoms with Gasteiger partial charge in [0.25, 0.3) is 5.91 Å². The van der Waals surface area contributed by atoms with E-state index in [-0.39, 0.29) is 11.8 Å². The highest BCUT2D eigenvalue weighted by atomic mass is 35.5. The second-order valence-electron chi connectivity index (χ2n) is 5.82. The molecule has 2 amide bonds. The van der Waals surface area contributed by atoms with Gasteiger partial charge in [0.15, 0.2) is 0 Å². The molecule has 0 heterocycles. The summed E-state index contributed by atoms with van der Waals surface area (Å²) in [5.41, 5.74) is 1.22. The van der Waals surface area contributed by atoms with E-state index in [0.717, 1.165) is 11.3 Å². The van der Waals surface area contributed by atoms with E-state index in [9.17, 15) is 9.59 Å². The van der Waals surface area contributed by atoms with Crippen LogP contribution in [0.3, 0.4) is 0 Å². The van der Waals surface area contributed by atoms with Crippen molar-refractivity contribution in [1.29, 1.82) is 0 Å². The van der Waals surface area contributed by atoms with E-state index in [1.54, 1.807) is 42.1 Å². The molecule has 2 rings (SSSR count). The molecular weight excluding hydrogens is 384 g/mol. The molecule has 0 bridgehead atoms. The van der Waals surface area contributed by atoms with Crippen LogP contribution in [0.1, 0.15) is 22.3 Å². The lowest BCUT2D eigenvalue weighted by Crippen LogP contribution is -2.47. The minimum Gasteiger partial charge on any atom is -0.496 e. The van der Waals surface area contributed by atoms with Crippen molar-refractivity contribution in [2.75, 3.05) is 19.1 Å². The zero-order valence-electron chi connectivity index (χ0n) is 15.3. The summed E-state index contributed by atoms with van der Waals surface area (Å²) >= 11 is 7.75. The first kappa shape index (κ1) is 21.1. The number of nitrogens with one attached hydrogen (secondary N) is 2. The van der Waals surface area contributed by atoms with Crippen LogP contribution in [0.15, 0.2) is 48.5 Å². The molecule has 1 unspecified atom stereocenters. The third-order valence-electron chi connectivity index (χ3n) is 3.99. The molecule has 1 atom stereocenters. The molecule has 0 spiro atoms. The Morgan fingerprint density at radius 1 is 1.15 bits per heavy atom. The fraction of sp³-hybridized carbons (Fsp3) is 0.300. The first-order valence-corrected chi connectivity index (χ1v) is 10.3. The van der Waals surface area contributed by atoms with E-state index in [1.807, 2.05) is 24.5 Å². The van der Waals surface area contributed by atoms with Crippen LogP contribution in [-0.4, -0.2) is 37.0 Å². The molecule has 2 N–H and O–H groups in total. The quantitative estimate of drug-likeness (QED) is 0.668. The number of benzene rings is 2. The number of rotatable bonds is 9. The summed E-state index contributed by atoms with van der Waals surface area (Å²) < 4.78 is 5.23. The molecule has 7 heteroatoms. The highest BCUT2D eigenvalue weighted by Crippen LogP contribution is 2.18. The Labute approximate surface area is 168 Å². The van der Waals surface area contributed by atoms with Crippen molar-refractivity contribution in [3.63, 3.8) is 0 Å². The second kappa shape index (κ2) is 10.8. The molecule has 0 aromatic heterocycles. The largest absolute Gasteiger partial charge is 0.496 e. The van der Waals surface area contributed by atoms with Gasteiger partial charge in [-0.15, -0.1) is 0 Å². The summed E-state index contributed by atoms with van der Waals surface area (Å²) in [7, 11) is 1.51. The predicted molar refractivity (Wildman–Crippen MR) is 111 cm³/mol. The van der Waals surface area contributed by atoms with Gasteiger partial charge in [0.2, 0.25) is 5.91 Å². The van der Waals surface area contributed by atoms with Gasteiger partial charge in [0.1, 0.15) is 11.8 Å². The Balaban J connectivity index is 2.06. The van der Waals surface area contributed by atoms with Crippen LogP contribution >= 0.6 is 23.4 Å². The zero-order chi connectivity index (χ0) is 19.6. The molecule has 27 heavy (non-hydrogen) atoms. The summed E-state index contributed by atoms with van der Waals surface area (Å²) in [6.45, 7) is 0.304. The van der Waals surface area contributed by atoms with Crippen LogP contribution in [-0.2, 0) is 11.3 Å². The van der Waals surface area contributed by atoms with Gasteiger partial charge in [0, 0.05) is 11.6 Å². The minimum atomic E-state index is -0.641. The molecule has 0 aliphatic carbocycles. The monoisotopic (exact) mass is 406 g/mol. The SMILES string of the molecule is COc1ccccc1C(=O)NC(CCSC)C(=O)NCc1ccccc1Cl. The molecule has 0 saturated heterocycles. The van der Waals surface area contributed by atoms with Gasteiger partial charge >= 0.3 is 0 Å². The molecular formula is C20H23ClN2O3S. The molecule has 2 aromatic carbocycles. The van der Waals surface area contributed by atoms with Crippen molar-refractivity contribution in [1.82, 2.24) is 10.6 Å². The standard InChI is InChI=1S/C20H23ClN2O3S/c1-26-18-10-6-4-8-15(18)19(24)23-17(11-12-27-2)20(25)22-13-14-7-3-5-9-16(14)21/h3-10,17H,11-13H2,1-2H3,(H,22,25)(H,23,24). The Morgan fingerprint density at radius 3 is 2.56 bits per heavy atom. The number of para-hydroxylation sites is 1. The lowest BCUT2D eigenvalue weighted by Gasteiger charge is -2.19. The number of methoxy groups -OCH3 is 1. The maximum absolute atomic E-state index is 12.6. The van der Waals surface area contributed by atoms with E-state index in [0.29, 0.717) is 29.3 Å². The van der Waals surface area contributed by atoms with E-state index < -0.39 is 6.04 Å². The summed E-state index contributed by atoms with van der Waals surface area (Å²) in [4.78, 5) is 25.3. The van der Waals surface area contributed by atoms with Gasteiger partial charge in [-0.1, -0.05) is 41.9 Å². The molecule has 5 nitrogen and oxygen atoms in total. The van der Waals surface area contributed by atoms with Crippen molar-refractivity contribution in [3.05, 3.63) is 64.7 Å². The first-order valence-electron chi connectivity index (χ1n) is 8.50. The van der Waals surface area contributed by atoms with Gasteiger partial charge in [-0.3, -0.25) is 9.59 Å². The fourth-order valence-corrected chi connectivity index (χ4v) is 3.19. The molecule has 0 aliphatic rings. The van der Waals surface area contributed by atoms with Crippen molar-refractivity contribution >= 4 is 35.2 Å². The van der Waals surface area contributed by atoms with E-state index in [1.165, 1.54) is 7.11 Å². The maximum Gasteiger partial charge on any atom is 0.255 e. The topological polar surface area (TPSA) is 67.4 Å². The first-order chi connectivity index (χ1) is 13.1. The molecule has 0 fully saturated rings. The smallest absolute Gasteiger partial charge is 0.255 e. The number of carbonyl (C=O) groups excluding carboxylic acids is 2. The number of hydrogen-bond acceptors (Lipinski definition) is 4. The maximum atomic E-state index is 12.6. The average molecular weight is 407 g/mol. The van der Waals surface area contributed by atoms with Gasteiger partial charge in [0.05, 0.1) is 12.7 Å². The Kier molecular flexibility index (Phi) is 8.48. The van der Waals surface area contributed by atoms with Crippen molar-refractivity contribution in [3.8, 4) is 5.75 Å². The molecule has 0 aliphatic heterocycles. The molecule has 144 valence electrons. The van der Waals surface area contributed by atoms with Crippen LogP contribution in [0.5, 0.6) is 5.75 Å². The van der Waals surface area contributed by atoms with Crippen LogP contribution < -0.4 is 15.4 Å². The Morgan fingerprint density at radius 2 is 1.85 bits per heavy atom. The Hall–Kier alpha value is -2.18. The summed E-state index contributed by atoms with van der Waals surface area (Å²) in [6, 6.07) is 13.6. The lowest BCUT2D eigenvalue weighted by molar-refractivity contribution is -0.123. The van der Waals surface area contributed by atoms with Gasteiger partial charge in [-0.25, -0.2) is 0 Å².